The number of aliphatic hydroxyl groups excluding tert-OH is 1. The summed E-state index contributed by atoms with van der Waals surface area (Å²) in [7, 11) is 0. The van der Waals surface area contributed by atoms with Gasteiger partial charge < -0.3 is 15.2 Å². The molecule has 1 aromatic rings. The first kappa shape index (κ1) is 14.4. The number of aryl methyl sites for hydroxylation is 1. The number of nitrogens with one attached hydrogen (secondary N) is 1. The average molecular weight is 263 g/mol. The second-order valence-corrected chi connectivity index (χ2v) is 5.40. The van der Waals surface area contributed by atoms with Gasteiger partial charge in [0.1, 0.15) is 5.75 Å². The van der Waals surface area contributed by atoms with Crippen molar-refractivity contribution in [2.75, 3.05) is 13.2 Å². The van der Waals surface area contributed by atoms with E-state index in [1.807, 2.05) is 0 Å². The van der Waals surface area contributed by atoms with Crippen LogP contribution >= 0.6 is 0 Å². The first-order chi connectivity index (χ1) is 9.29. The topological polar surface area (TPSA) is 41.5 Å². The molecule has 19 heavy (non-hydrogen) atoms. The fourth-order valence-corrected chi connectivity index (χ4v) is 2.10. The van der Waals surface area contributed by atoms with E-state index in [1.54, 1.807) is 0 Å². The molecule has 1 aromatic carbocycles. The zero-order valence-electron chi connectivity index (χ0n) is 11.8. The van der Waals surface area contributed by atoms with Crippen LogP contribution in [0.1, 0.15) is 43.2 Å². The van der Waals surface area contributed by atoms with Crippen molar-refractivity contribution < 1.29 is 9.84 Å². The summed E-state index contributed by atoms with van der Waals surface area (Å²) in [4.78, 5) is 0. The molecule has 0 atom stereocenters. The summed E-state index contributed by atoms with van der Waals surface area (Å²) < 4.78 is 5.87. The van der Waals surface area contributed by atoms with Crippen molar-refractivity contribution in [1.82, 2.24) is 5.32 Å². The van der Waals surface area contributed by atoms with Crippen LogP contribution in [0.15, 0.2) is 18.2 Å². The molecule has 0 bridgehead atoms. The highest BCUT2D eigenvalue weighted by Crippen LogP contribution is 2.23. The summed E-state index contributed by atoms with van der Waals surface area (Å²) in [6, 6.07) is 7.10. The van der Waals surface area contributed by atoms with E-state index in [9.17, 15) is 0 Å². The molecule has 0 unspecified atom stereocenters. The Balaban J connectivity index is 1.82. The van der Waals surface area contributed by atoms with Gasteiger partial charge in [-0.25, -0.2) is 0 Å². The number of rotatable bonds is 9. The fraction of sp³-hybridized carbons (Fsp3) is 0.625. The van der Waals surface area contributed by atoms with E-state index in [4.69, 9.17) is 9.84 Å². The zero-order chi connectivity index (χ0) is 13.5. The summed E-state index contributed by atoms with van der Waals surface area (Å²) in [5.41, 5.74) is 2.54. The molecule has 0 radical (unpaired) electrons. The normalized spacial score (nSPS) is 14.6. The molecule has 0 saturated heterocycles. The maximum atomic E-state index is 8.74. The van der Waals surface area contributed by atoms with E-state index in [0.29, 0.717) is 0 Å². The molecule has 3 heteroatoms. The molecule has 2 N–H and O–H groups in total. The van der Waals surface area contributed by atoms with Crippen molar-refractivity contribution in [1.29, 1.82) is 0 Å². The number of hydrogen-bond acceptors (Lipinski definition) is 3. The molecule has 2 rings (SSSR count). The van der Waals surface area contributed by atoms with Crippen LogP contribution in [-0.2, 0) is 6.54 Å². The van der Waals surface area contributed by atoms with Crippen molar-refractivity contribution in [3.05, 3.63) is 29.3 Å². The molecule has 3 nitrogen and oxygen atoms in total. The largest absolute Gasteiger partial charge is 0.493 e. The van der Waals surface area contributed by atoms with Gasteiger partial charge in [0.2, 0.25) is 0 Å². The van der Waals surface area contributed by atoms with Gasteiger partial charge in [0.25, 0.3) is 0 Å². The van der Waals surface area contributed by atoms with E-state index in [1.165, 1.54) is 24.0 Å². The van der Waals surface area contributed by atoms with Crippen LogP contribution in [0.4, 0.5) is 0 Å². The van der Waals surface area contributed by atoms with Gasteiger partial charge in [0.15, 0.2) is 0 Å². The lowest BCUT2D eigenvalue weighted by Crippen LogP contribution is -2.16. The zero-order valence-corrected chi connectivity index (χ0v) is 11.8. The van der Waals surface area contributed by atoms with Crippen molar-refractivity contribution >= 4 is 0 Å². The Hall–Kier alpha value is -1.06. The molecule has 0 heterocycles. The van der Waals surface area contributed by atoms with Crippen molar-refractivity contribution in [3.63, 3.8) is 0 Å². The Labute approximate surface area is 116 Å². The quantitative estimate of drug-likeness (QED) is 0.673. The van der Waals surface area contributed by atoms with E-state index < -0.39 is 0 Å². The van der Waals surface area contributed by atoms with Gasteiger partial charge in [-0.15, -0.1) is 0 Å². The number of benzene rings is 1. The summed E-state index contributed by atoms with van der Waals surface area (Å²) in [5.74, 6) is 1.00. The van der Waals surface area contributed by atoms with Crippen LogP contribution in [0.3, 0.4) is 0 Å². The van der Waals surface area contributed by atoms with E-state index in [-0.39, 0.29) is 6.61 Å². The van der Waals surface area contributed by atoms with Crippen molar-refractivity contribution in [2.24, 2.45) is 0 Å². The Kier molecular flexibility index (Phi) is 5.67. The van der Waals surface area contributed by atoms with Crippen molar-refractivity contribution in [3.8, 4) is 5.75 Å². The minimum Gasteiger partial charge on any atom is -0.493 e. The number of ether oxygens (including phenoxy) is 1. The lowest BCUT2D eigenvalue weighted by atomic mass is 10.1. The monoisotopic (exact) mass is 263 g/mol. The predicted molar refractivity (Wildman–Crippen MR) is 77.5 cm³/mol. The van der Waals surface area contributed by atoms with Gasteiger partial charge in [0.05, 0.1) is 6.61 Å². The summed E-state index contributed by atoms with van der Waals surface area (Å²) in [5, 5.41) is 12.3. The molecule has 0 aromatic heterocycles. The van der Waals surface area contributed by atoms with Gasteiger partial charge >= 0.3 is 0 Å². The average Bonchev–Trinajstić information content (AvgIpc) is 3.22. The first-order valence-corrected chi connectivity index (χ1v) is 7.36. The molecule has 1 aliphatic carbocycles. The van der Waals surface area contributed by atoms with E-state index in [0.717, 1.165) is 44.2 Å². The summed E-state index contributed by atoms with van der Waals surface area (Å²) in [6.45, 7) is 4.03. The third kappa shape index (κ3) is 5.21. The third-order valence-electron chi connectivity index (χ3n) is 3.43. The molecular formula is C16H25NO2. The molecule has 0 aliphatic heterocycles. The lowest BCUT2D eigenvalue weighted by molar-refractivity contribution is 0.265. The van der Waals surface area contributed by atoms with Gasteiger partial charge in [-0.1, -0.05) is 17.7 Å². The molecule has 0 spiro atoms. The SMILES string of the molecule is Cc1ccc(OCCCCCO)c(CNC2CC2)c1. The molecule has 0 amide bonds. The van der Waals surface area contributed by atoms with Crippen molar-refractivity contribution in [2.45, 2.75) is 51.6 Å². The van der Waals surface area contributed by atoms with Crippen LogP contribution in [0.2, 0.25) is 0 Å². The molecule has 1 saturated carbocycles. The molecule has 1 fully saturated rings. The second-order valence-electron chi connectivity index (χ2n) is 5.40. The molecular weight excluding hydrogens is 238 g/mol. The summed E-state index contributed by atoms with van der Waals surface area (Å²) >= 11 is 0. The molecule has 1 aliphatic rings. The standard InChI is InChI=1S/C16H25NO2/c1-13-5-8-16(19-10-4-2-3-9-18)14(11-13)12-17-15-6-7-15/h5,8,11,15,17-18H,2-4,6-7,9-10,12H2,1H3. The highest BCUT2D eigenvalue weighted by Gasteiger charge is 2.20. The van der Waals surface area contributed by atoms with Crippen LogP contribution < -0.4 is 10.1 Å². The van der Waals surface area contributed by atoms with Crippen LogP contribution in [-0.4, -0.2) is 24.4 Å². The number of unbranched alkanes of at least 4 members (excludes halogenated alkanes) is 2. The highest BCUT2D eigenvalue weighted by atomic mass is 16.5. The Morgan fingerprint density at radius 2 is 2.11 bits per heavy atom. The third-order valence-corrected chi connectivity index (χ3v) is 3.43. The van der Waals surface area contributed by atoms with Gasteiger partial charge in [-0.2, -0.15) is 0 Å². The number of hydrogen-bond donors (Lipinski definition) is 2. The van der Waals surface area contributed by atoms with Crippen LogP contribution in [0.25, 0.3) is 0 Å². The second kappa shape index (κ2) is 7.51. The fourth-order valence-electron chi connectivity index (χ4n) is 2.10. The first-order valence-electron chi connectivity index (χ1n) is 7.36. The minimum atomic E-state index is 0.279. The van der Waals surface area contributed by atoms with Crippen LogP contribution in [0.5, 0.6) is 5.75 Å². The maximum Gasteiger partial charge on any atom is 0.123 e. The Morgan fingerprint density at radius 1 is 1.26 bits per heavy atom. The van der Waals surface area contributed by atoms with E-state index >= 15 is 0 Å². The van der Waals surface area contributed by atoms with Gasteiger partial charge in [-0.05, 0) is 45.1 Å². The highest BCUT2D eigenvalue weighted by molar-refractivity contribution is 5.37. The Morgan fingerprint density at radius 3 is 2.84 bits per heavy atom. The Bertz CT molecular complexity index is 388. The molecule has 106 valence electrons. The number of aliphatic hydroxyl groups is 1. The smallest absolute Gasteiger partial charge is 0.123 e. The lowest BCUT2D eigenvalue weighted by Gasteiger charge is -2.13. The van der Waals surface area contributed by atoms with E-state index in [2.05, 4.69) is 30.4 Å². The summed E-state index contributed by atoms with van der Waals surface area (Å²) in [6.07, 6.45) is 5.52. The van der Waals surface area contributed by atoms with Gasteiger partial charge in [0, 0.05) is 24.8 Å². The maximum absolute atomic E-state index is 8.74. The minimum absolute atomic E-state index is 0.279. The van der Waals surface area contributed by atoms with Crippen LogP contribution in [0, 0.1) is 6.92 Å². The predicted octanol–water partition coefficient (Wildman–Crippen LogP) is 2.79. The van der Waals surface area contributed by atoms with Gasteiger partial charge in [-0.3, -0.25) is 0 Å².